The van der Waals surface area contributed by atoms with E-state index in [9.17, 15) is 18.8 Å². The number of anilines is 1. The largest absolute Gasteiger partial charge is 0.465 e. The highest BCUT2D eigenvalue weighted by Gasteiger charge is 2.34. The molecule has 7 heteroatoms. The van der Waals surface area contributed by atoms with Gasteiger partial charge in [-0.25, -0.2) is 9.18 Å². The first-order chi connectivity index (χ1) is 9.92. The molecule has 1 aromatic carbocycles. The molecular formula is C14H14FNO4S. The molecule has 1 fully saturated rings. The van der Waals surface area contributed by atoms with Gasteiger partial charge in [-0.3, -0.25) is 9.59 Å². The van der Waals surface area contributed by atoms with Gasteiger partial charge in [0.1, 0.15) is 5.82 Å². The molecule has 1 aliphatic rings. The third kappa shape index (κ3) is 3.41. The van der Waals surface area contributed by atoms with Crippen molar-refractivity contribution < 1.29 is 23.5 Å². The van der Waals surface area contributed by atoms with Crippen molar-refractivity contribution in [1.29, 1.82) is 0 Å². The highest BCUT2D eigenvalue weighted by Crippen LogP contribution is 2.31. The molecule has 1 aliphatic heterocycles. The summed E-state index contributed by atoms with van der Waals surface area (Å²) in [6, 6.07) is 3.60. The zero-order valence-corrected chi connectivity index (χ0v) is 12.4. The lowest BCUT2D eigenvalue weighted by Gasteiger charge is -2.19. The Morgan fingerprint density at radius 2 is 2.14 bits per heavy atom. The molecule has 1 saturated heterocycles. The number of benzene rings is 1. The van der Waals surface area contributed by atoms with Gasteiger partial charge in [0.15, 0.2) is 5.12 Å². The monoisotopic (exact) mass is 311 g/mol. The zero-order valence-electron chi connectivity index (χ0n) is 11.6. The normalized spacial score (nSPS) is 18.0. The van der Waals surface area contributed by atoms with Crippen LogP contribution < -0.4 is 4.90 Å². The third-order valence-corrected chi connectivity index (χ3v) is 4.06. The molecular weight excluding hydrogens is 297 g/mol. The van der Waals surface area contributed by atoms with Crippen LogP contribution in [0.25, 0.3) is 0 Å². The van der Waals surface area contributed by atoms with Gasteiger partial charge in [0, 0.05) is 25.1 Å². The Morgan fingerprint density at radius 3 is 2.76 bits per heavy atom. The fraction of sp³-hybridized carbons (Fsp3) is 0.357. The van der Waals surface area contributed by atoms with Crippen LogP contribution in [0, 0.1) is 5.82 Å². The Bertz CT molecular complexity index is 605. The SMILES string of the molecule is COC(=O)c1cc(F)ccc1N1CC(SC(C)=O)CC1=O. The van der Waals surface area contributed by atoms with Crippen molar-refractivity contribution in [2.24, 2.45) is 0 Å². The predicted molar refractivity (Wildman–Crippen MR) is 76.8 cm³/mol. The van der Waals surface area contributed by atoms with Crippen LogP contribution in [0.2, 0.25) is 0 Å². The van der Waals surface area contributed by atoms with E-state index in [1.54, 1.807) is 0 Å². The minimum atomic E-state index is -0.708. The number of esters is 1. The highest BCUT2D eigenvalue weighted by molar-refractivity contribution is 8.14. The molecule has 0 spiro atoms. The zero-order chi connectivity index (χ0) is 15.6. The number of rotatable bonds is 3. The summed E-state index contributed by atoms with van der Waals surface area (Å²) in [5.41, 5.74) is 0.305. The minimum absolute atomic E-state index is 0.000625. The summed E-state index contributed by atoms with van der Waals surface area (Å²) in [5, 5.41) is -0.229. The molecule has 1 aromatic rings. The van der Waals surface area contributed by atoms with Gasteiger partial charge in [0.05, 0.1) is 18.4 Å². The standard InChI is InChI=1S/C14H14FNO4S/c1-8(17)21-10-6-13(18)16(7-10)12-4-3-9(15)5-11(12)14(19)20-2/h3-5,10H,6-7H2,1-2H3. The van der Waals surface area contributed by atoms with Crippen LogP contribution in [0.5, 0.6) is 0 Å². The number of carbonyl (C=O) groups excluding carboxylic acids is 3. The van der Waals surface area contributed by atoms with Crippen LogP contribution >= 0.6 is 11.8 Å². The minimum Gasteiger partial charge on any atom is -0.465 e. The average molecular weight is 311 g/mol. The summed E-state index contributed by atoms with van der Waals surface area (Å²) >= 11 is 1.10. The summed E-state index contributed by atoms with van der Waals surface area (Å²) in [7, 11) is 1.19. The Labute approximate surface area is 125 Å². The van der Waals surface area contributed by atoms with Gasteiger partial charge in [0.25, 0.3) is 0 Å². The number of carbonyl (C=O) groups is 3. The lowest BCUT2D eigenvalue weighted by atomic mass is 10.1. The van der Waals surface area contributed by atoms with Crippen molar-refractivity contribution in [2.45, 2.75) is 18.6 Å². The predicted octanol–water partition coefficient (Wildman–Crippen LogP) is 2.00. The molecule has 21 heavy (non-hydrogen) atoms. The Balaban J connectivity index is 2.31. The molecule has 0 saturated carbocycles. The Morgan fingerprint density at radius 1 is 1.43 bits per heavy atom. The van der Waals surface area contributed by atoms with E-state index in [0.29, 0.717) is 12.2 Å². The molecule has 1 amide bonds. The smallest absolute Gasteiger partial charge is 0.340 e. The summed E-state index contributed by atoms with van der Waals surface area (Å²) in [5.74, 6) is -1.49. The molecule has 0 bridgehead atoms. The second kappa shape index (κ2) is 6.26. The van der Waals surface area contributed by atoms with E-state index < -0.39 is 11.8 Å². The summed E-state index contributed by atoms with van der Waals surface area (Å²) < 4.78 is 17.9. The Hall–Kier alpha value is -1.89. The van der Waals surface area contributed by atoms with Gasteiger partial charge in [-0.05, 0) is 18.2 Å². The molecule has 1 unspecified atom stereocenters. The van der Waals surface area contributed by atoms with Crippen LogP contribution in [0.3, 0.4) is 0 Å². The fourth-order valence-corrected chi connectivity index (χ4v) is 3.16. The molecule has 0 aliphatic carbocycles. The summed E-state index contributed by atoms with van der Waals surface area (Å²) in [4.78, 5) is 36.3. The van der Waals surface area contributed by atoms with Crippen LogP contribution in [-0.2, 0) is 14.3 Å². The first kappa shape index (κ1) is 15.5. The number of halogens is 1. The molecule has 1 atom stereocenters. The number of hydrogen-bond acceptors (Lipinski definition) is 5. The molecule has 2 rings (SSSR count). The van der Waals surface area contributed by atoms with Crippen molar-refractivity contribution in [2.75, 3.05) is 18.6 Å². The molecule has 5 nitrogen and oxygen atoms in total. The second-order valence-electron chi connectivity index (χ2n) is 4.59. The van der Waals surface area contributed by atoms with Crippen molar-refractivity contribution in [3.63, 3.8) is 0 Å². The number of hydrogen-bond donors (Lipinski definition) is 0. The second-order valence-corrected chi connectivity index (χ2v) is 6.07. The summed E-state index contributed by atoms with van der Waals surface area (Å²) in [6.07, 6.45) is 0.211. The summed E-state index contributed by atoms with van der Waals surface area (Å²) in [6.45, 7) is 1.74. The highest BCUT2D eigenvalue weighted by atomic mass is 32.2. The quantitative estimate of drug-likeness (QED) is 0.799. The Kier molecular flexibility index (Phi) is 4.62. The fourth-order valence-electron chi connectivity index (χ4n) is 2.24. The van der Waals surface area contributed by atoms with Crippen molar-refractivity contribution in [1.82, 2.24) is 0 Å². The molecule has 0 radical (unpaired) electrons. The van der Waals surface area contributed by atoms with E-state index in [4.69, 9.17) is 0 Å². The van der Waals surface area contributed by atoms with E-state index in [2.05, 4.69) is 4.74 Å². The van der Waals surface area contributed by atoms with E-state index in [1.165, 1.54) is 31.1 Å². The van der Waals surface area contributed by atoms with Gasteiger partial charge >= 0.3 is 5.97 Å². The topological polar surface area (TPSA) is 63.7 Å². The van der Waals surface area contributed by atoms with Gasteiger partial charge in [-0.15, -0.1) is 0 Å². The number of amides is 1. The maximum absolute atomic E-state index is 13.3. The maximum Gasteiger partial charge on any atom is 0.340 e. The average Bonchev–Trinajstić information content (AvgIpc) is 2.77. The maximum atomic E-state index is 13.3. The van der Waals surface area contributed by atoms with Crippen molar-refractivity contribution >= 4 is 34.4 Å². The van der Waals surface area contributed by atoms with Gasteiger partial charge in [-0.2, -0.15) is 0 Å². The van der Waals surface area contributed by atoms with Crippen molar-refractivity contribution in [3.8, 4) is 0 Å². The molecule has 1 heterocycles. The first-order valence-electron chi connectivity index (χ1n) is 6.28. The number of ether oxygens (including phenoxy) is 1. The number of methoxy groups -OCH3 is 1. The van der Waals surface area contributed by atoms with E-state index in [-0.39, 0.29) is 28.3 Å². The third-order valence-electron chi connectivity index (χ3n) is 3.08. The van der Waals surface area contributed by atoms with Gasteiger partial charge in [0.2, 0.25) is 5.91 Å². The molecule has 112 valence electrons. The van der Waals surface area contributed by atoms with Crippen LogP contribution in [0.15, 0.2) is 18.2 Å². The number of nitrogens with zero attached hydrogens (tertiary/aromatic N) is 1. The first-order valence-corrected chi connectivity index (χ1v) is 7.15. The number of thioether (sulfide) groups is 1. The molecule has 0 aromatic heterocycles. The van der Waals surface area contributed by atoms with Crippen LogP contribution in [0.4, 0.5) is 10.1 Å². The van der Waals surface area contributed by atoms with E-state index in [1.807, 2.05) is 0 Å². The van der Waals surface area contributed by atoms with Gasteiger partial charge < -0.3 is 9.64 Å². The lowest BCUT2D eigenvalue weighted by molar-refractivity contribution is -0.117. The van der Waals surface area contributed by atoms with Gasteiger partial charge in [-0.1, -0.05) is 11.8 Å². The van der Waals surface area contributed by atoms with E-state index >= 15 is 0 Å². The molecule has 0 N–H and O–H groups in total. The van der Waals surface area contributed by atoms with Crippen molar-refractivity contribution in [3.05, 3.63) is 29.6 Å². The van der Waals surface area contributed by atoms with Crippen LogP contribution in [-0.4, -0.2) is 35.9 Å². The lowest BCUT2D eigenvalue weighted by Crippen LogP contribution is -2.27. The van der Waals surface area contributed by atoms with E-state index in [0.717, 1.165) is 17.8 Å². The van der Waals surface area contributed by atoms with Crippen LogP contribution in [0.1, 0.15) is 23.7 Å².